The molecule has 0 radical (unpaired) electrons. The number of carbonyl (C=O) groups is 4. The first kappa shape index (κ1) is 39.5. The van der Waals surface area contributed by atoms with E-state index < -0.39 is 18.8 Å². The quantitative estimate of drug-likeness (QED) is 0.0304. The van der Waals surface area contributed by atoms with Crippen molar-refractivity contribution >= 4 is 81.7 Å². The Labute approximate surface area is 324 Å². The minimum absolute atomic E-state index is 0.120. The van der Waals surface area contributed by atoms with Gasteiger partial charge in [0.1, 0.15) is 30.5 Å². The maximum absolute atomic E-state index is 12.5. The average Bonchev–Trinajstić information content (AvgIpc) is 3.16. The van der Waals surface area contributed by atoms with Crippen LogP contribution in [0.5, 0.6) is 17.2 Å². The van der Waals surface area contributed by atoms with Gasteiger partial charge in [-0.3, -0.25) is 14.9 Å². The molecule has 5 aromatic carbocycles. The van der Waals surface area contributed by atoms with Crippen LogP contribution in [-0.4, -0.2) is 35.8 Å². The van der Waals surface area contributed by atoms with Gasteiger partial charge in [0, 0.05) is 44.7 Å². The number of rotatable bonds is 15. The summed E-state index contributed by atoms with van der Waals surface area (Å²) < 4.78 is 28.2. The van der Waals surface area contributed by atoms with E-state index in [0.29, 0.717) is 28.6 Å². The van der Waals surface area contributed by atoms with Gasteiger partial charge in [-0.15, -0.1) is 0 Å². The summed E-state index contributed by atoms with van der Waals surface area (Å²) in [6, 6.07) is 37.9. The summed E-state index contributed by atoms with van der Waals surface area (Å²) in [5.41, 5.74) is 1.46. The Bertz CT molecular complexity index is 1990. The predicted octanol–water partition coefficient (Wildman–Crippen LogP) is 10.4. The van der Waals surface area contributed by atoms with E-state index in [1.807, 2.05) is 60.7 Å². The number of hydrogen-bond acceptors (Lipinski definition) is 12. The Hall–Kier alpha value is -5.73. The van der Waals surface area contributed by atoms with Gasteiger partial charge in [0.15, 0.2) is 0 Å². The van der Waals surface area contributed by atoms with Gasteiger partial charge >= 0.3 is 18.8 Å². The Kier molecular flexibility index (Phi) is 14.6. The molecule has 0 fully saturated rings. The van der Waals surface area contributed by atoms with Crippen LogP contribution >= 0.6 is 30.2 Å². The van der Waals surface area contributed by atoms with Crippen LogP contribution in [0, 0.1) is 0 Å². The van der Waals surface area contributed by atoms with Gasteiger partial charge in [-0.25, -0.2) is 9.59 Å². The molecule has 0 aliphatic heterocycles. The lowest BCUT2D eigenvalue weighted by Crippen LogP contribution is -2.17. The van der Waals surface area contributed by atoms with Crippen molar-refractivity contribution in [3.05, 3.63) is 146 Å². The van der Waals surface area contributed by atoms with Crippen LogP contribution in [0.4, 0.5) is 31.4 Å². The fourth-order valence-electron chi connectivity index (χ4n) is 4.21. The largest absolute Gasteiger partial charge is 0.490 e. The highest BCUT2D eigenvalue weighted by Crippen LogP contribution is 2.50. The Morgan fingerprint density at radius 3 is 1.31 bits per heavy atom. The number of hydrogen-bond donors (Lipinski definition) is 3. The average molecular weight is 802 g/mol. The van der Waals surface area contributed by atoms with Crippen LogP contribution in [0.2, 0.25) is 0 Å². The van der Waals surface area contributed by atoms with Crippen LogP contribution in [0.25, 0.3) is 0 Å². The summed E-state index contributed by atoms with van der Waals surface area (Å²) in [6.07, 6.45) is 0.252. The molecule has 0 spiro atoms. The van der Waals surface area contributed by atoms with Crippen LogP contribution in [-0.2, 0) is 26.1 Å². The zero-order valence-electron chi connectivity index (χ0n) is 28.2. The summed E-state index contributed by atoms with van der Waals surface area (Å²) in [7, 11) is 0. The molecule has 276 valence electrons. The van der Waals surface area contributed by atoms with E-state index in [1.54, 1.807) is 72.8 Å². The zero-order chi connectivity index (χ0) is 38.2. The summed E-state index contributed by atoms with van der Waals surface area (Å²) in [5, 5.41) is 7.69. The molecule has 3 N–H and O–H groups in total. The first-order valence-corrected chi connectivity index (χ1v) is 20.1. The van der Waals surface area contributed by atoms with Gasteiger partial charge in [-0.1, -0.05) is 43.0 Å². The number of benzene rings is 5. The SMILES string of the molecule is C=CC(=O)OCCOC(=O)Nc1ccc(OP(=S)(Oc2ccc(NC(=O)Sc3ccccc3)cc2)Oc2ccc(NC(=O)Sc3ccccc3)cc2)cc1. The first-order chi connectivity index (χ1) is 26.1. The van der Waals surface area contributed by atoms with E-state index in [-0.39, 0.29) is 29.4 Å². The first-order valence-electron chi connectivity index (χ1n) is 15.9. The summed E-state index contributed by atoms with van der Waals surface area (Å²) in [4.78, 5) is 50.0. The van der Waals surface area contributed by atoms with Crippen molar-refractivity contribution in [1.29, 1.82) is 0 Å². The molecule has 0 atom stereocenters. The monoisotopic (exact) mass is 801 g/mol. The molecule has 0 saturated heterocycles. The van der Waals surface area contributed by atoms with Crippen LogP contribution in [0.15, 0.2) is 156 Å². The minimum Gasteiger partial charge on any atom is -0.459 e. The number of amides is 3. The third kappa shape index (κ3) is 13.4. The van der Waals surface area contributed by atoms with Crippen LogP contribution < -0.4 is 29.5 Å². The Morgan fingerprint density at radius 1 is 0.556 bits per heavy atom. The molecule has 12 nitrogen and oxygen atoms in total. The van der Waals surface area contributed by atoms with Gasteiger partial charge in [0.05, 0.1) is 0 Å². The van der Waals surface area contributed by atoms with E-state index in [2.05, 4.69) is 22.5 Å². The van der Waals surface area contributed by atoms with Crippen LogP contribution in [0.3, 0.4) is 0 Å². The fourth-order valence-corrected chi connectivity index (χ4v) is 7.59. The van der Waals surface area contributed by atoms with Gasteiger partial charge < -0.3 is 33.7 Å². The third-order valence-corrected chi connectivity index (χ3v) is 10.2. The van der Waals surface area contributed by atoms with Crippen molar-refractivity contribution in [1.82, 2.24) is 0 Å². The molecule has 5 rings (SSSR count). The molecule has 0 heterocycles. The highest BCUT2D eigenvalue weighted by Gasteiger charge is 2.27. The van der Waals surface area contributed by atoms with Crippen molar-refractivity contribution in [3.8, 4) is 17.2 Å². The number of anilines is 3. The molecular weight excluding hydrogens is 770 g/mol. The maximum Gasteiger partial charge on any atom is 0.490 e. The highest BCUT2D eigenvalue weighted by atomic mass is 32.5. The summed E-state index contributed by atoms with van der Waals surface area (Å²) in [6.45, 7) is -0.618. The standard InChI is InChI=1S/C38H32N3O9PS3/c1-2-35(42)46-25-26-47-36(43)39-27-13-19-30(20-14-27)48-51(52,49-31-21-15-28(16-22-31)40-37(44)53-33-9-5-3-6-10-33)50-32-23-17-29(18-24-32)41-38(45)54-34-11-7-4-8-12-34/h2-24H,1,25-26H2,(H,39,43)(H,40,44)(H,41,45). The number of thioether (sulfide) groups is 2. The zero-order valence-corrected chi connectivity index (χ0v) is 31.6. The molecule has 0 aromatic heterocycles. The normalized spacial score (nSPS) is 10.6. The number of ether oxygens (including phenoxy) is 2. The summed E-state index contributed by atoms with van der Waals surface area (Å²) >= 11 is 7.98. The molecular formula is C38H32N3O9PS3. The molecule has 0 bridgehead atoms. The van der Waals surface area contributed by atoms with Crippen LogP contribution in [0.1, 0.15) is 0 Å². The second kappa shape index (κ2) is 19.9. The van der Waals surface area contributed by atoms with E-state index in [1.165, 1.54) is 0 Å². The van der Waals surface area contributed by atoms with E-state index in [0.717, 1.165) is 39.4 Å². The third-order valence-electron chi connectivity index (χ3n) is 6.59. The molecule has 0 saturated carbocycles. The topological polar surface area (TPSA) is 151 Å². The minimum atomic E-state index is -3.64. The van der Waals surface area contributed by atoms with Gasteiger partial charge in [-0.05, 0) is 121 Å². The van der Waals surface area contributed by atoms with E-state index in [9.17, 15) is 19.2 Å². The van der Waals surface area contributed by atoms with Gasteiger partial charge in [0.25, 0.3) is 10.5 Å². The van der Waals surface area contributed by atoms with Crippen molar-refractivity contribution in [2.45, 2.75) is 9.79 Å². The van der Waals surface area contributed by atoms with Crippen molar-refractivity contribution in [2.24, 2.45) is 0 Å². The molecule has 0 aliphatic carbocycles. The number of nitrogens with one attached hydrogen (secondary N) is 3. The Balaban J connectivity index is 1.24. The highest BCUT2D eigenvalue weighted by molar-refractivity contribution is 8.14. The molecule has 16 heteroatoms. The second-order valence-corrected chi connectivity index (χ2v) is 15.5. The van der Waals surface area contributed by atoms with Crippen molar-refractivity contribution < 1.29 is 42.2 Å². The smallest absolute Gasteiger partial charge is 0.459 e. The van der Waals surface area contributed by atoms with Crippen molar-refractivity contribution in [2.75, 3.05) is 29.2 Å². The lowest BCUT2D eigenvalue weighted by atomic mass is 10.3. The van der Waals surface area contributed by atoms with E-state index >= 15 is 0 Å². The fraction of sp³-hybridized carbons (Fsp3) is 0.0526. The molecule has 3 amide bonds. The summed E-state index contributed by atoms with van der Waals surface area (Å²) in [5.74, 6) is 0.279. The van der Waals surface area contributed by atoms with Gasteiger partial charge in [0.2, 0.25) is 0 Å². The van der Waals surface area contributed by atoms with Gasteiger partial charge in [-0.2, -0.15) is 0 Å². The lowest BCUT2D eigenvalue weighted by Gasteiger charge is -2.23. The molecule has 0 aliphatic rings. The molecule has 54 heavy (non-hydrogen) atoms. The number of carbonyl (C=O) groups excluding carboxylic acids is 4. The lowest BCUT2D eigenvalue weighted by molar-refractivity contribution is -0.138. The molecule has 5 aromatic rings. The predicted molar refractivity (Wildman–Crippen MR) is 214 cm³/mol. The van der Waals surface area contributed by atoms with Crippen molar-refractivity contribution in [3.63, 3.8) is 0 Å². The molecule has 0 unspecified atom stereocenters. The Morgan fingerprint density at radius 2 is 0.926 bits per heavy atom. The second-order valence-electron chi connectivity index (χ2n) is 10.6. The number of esters is 1. The maximum atomic E-state index is 12.5. The van der Waals surface area contributed by atoms with E-state index in [4.69, 9.17) is 34.9 Å².